The highest BCUT2D eigenvalue weighted by molar-refractivity contribution is 7.16. The number of hydrogen-bond donors (Lipinski definition) is 0. The Morgan fingerprint density at radius 3 is 2.79 bits per heavy atom. The minimum atomic E-state index is 0.186. The van der Waals surface area contributed by atoms with Crippen molar-refractivity contribution in [1.29, 1.82) is 0 Å². The Bertz CT molecular complexity index is 528. The van der Waals surface area contributed by atoms with Crippen LogP contribution < -0.4 is 0 Å². The van der Waals surface area contributed by atoms with Crippen LogP contribution in [0.25, 0.3) is 0 Å². The normalized spacial score (nSPS) is 20.6. The summed E-state index contributed by atoms with van der Waals surface area (Å²) >= 11 is 7.64. The molecule has 1 saturated heterocycles. The molecule has 0 bridgehead atoms. The van der Waals surface area contributed by atoms with E-state index in [0.29, 0.717) is 0 Å². The van der Waals surface area contributed by atoms with Crippen molar-refractivity contribution in [3.8, 4) is 0 Å². The number of hydrogen-bond acceptors (Lipinski definition) is 3. The van der Waals surface area contributed by atoms with E-state index in [4.69, 9.17) is 16.3 Å². The number of rotatable bonds is 3. The zero-order valence-corrected chi connectivity index (χ0v) is 12.2. The maximum Gasteiger partial charge on any atom is 0.0952 e. The summed E-state index contributed by atoms with van der Waals surface area (Å²) in [5.74, 6) is 0. The van der Waals surface area contributed by atoms with Crippen LogP contribution >= 0.6 is 22.9 Å². The maximum absolute atomic E-state index is 5.98. The third-order valence-corrected chi connectivity index (χ3v) is 4.55. The standard InChI is InChI=1S/C15H16ClNOS/c16-15-7-6-13(19-15)10-17-8-9-18-14(11-17)12-4-2-1-3-5-12/h1-7,14H,8-11H2. The van der Waals surface area contributed by atoms with Crippen molar-refractivity contribution < 1.29 is 4.74 Å². The summed E-state index contributed by atoms with van der Waals surface area (Å²) in [4.78, 5) is 3.75. The van der Waals surface area contributed by atoms with Gasteiger partial charge in [0.15, 0.2) is 0 Å². The Labute approximate surface area is 122 Å². The summed E-state index contributed by atoms with van der Waals surface area (Å²) in [6.45, 7) is 3.68. The van der Waals surface area contributed by atoms with E-state index >= 15 is 0 Å². The molecule has 1 unspecified atom stereocenters. The van der Waals surface area contributed by atoms with Gasteiger partial charge in [0.25, 0.3) is 0 Å². The van der Waals surface area contributed by atoms with Crippen LogP contribution in [0.2, 0.25) is 4.34 Å². The molecule has 100 valence electrons. The number of morpholine rings is 1. The van der Waals surface area contributed by atoms with E-state index in [9.17, 15) is 0 Å². The van der Waals surface area contributed by atoms with Crippen molar-refractivity contribution in [3.05, 3.63) is 57.2 Å². The SMILES string of the molecule is Clc1ccc(CN2CCOC(c3ccccc3)C2)s1. The molecule has 0 saturated carbocycles. The Hall–Kier alpha value is -0.870. The average molecular weight is 294 g/mol. The van der Waals surface area contributed by atoms with Crippen LogP contribution in [-0.4, -0.2) is 24.6 Å². The fourth-order valence-electron chi connectivity index (χ4n) is 2.37. The summed E-state index contributed by atoms with van der Waals surface area (Å²) in [7, 11) is 0. The molecule has 2 nitrogen and oxygen atoms in total. The lowest BCUT2D eigenvalue weighted by atomic mass is 10.1. The van der Waals surface area contributed by atoms with E-state index in [2.05, 4.69) is 35.2 Å². The van der Waals surface area contributed by atoms with Crippen molar-refractivity contribution in [1.82, 2.24) is 4.90 Å². The van der Waals surface area contributed by atoms with Crippen molar-refractivity contribution >= 4 is 22.9 Å². The van der Waals surface area contributed by atoms with Gasteiger partial charge in [-0.05, 0) is 17.7 Å². The fraction of sp³-hybridized carbons (Fsp3) is 0.333. The van der Waals surface area contributed by atoms with Gasteiger partial charge in [0, 0.05) is 24.5 Å². The van der Waals surface area contributed by atoms with Gasteiger partial charge in [0.2, 0.25) is 0 Å². The summed E-state index contributed by atoms with van der Waals surface area (Å²) in [5, 5.41) is 0. The molecule has 1 fully saturated rings. The van der Waals surface area contributed by atoms with Gasteiger partial charge in [-0.3, -0.25) is 4.90 Å². The van der Waals surface area contributed by atoms with E-state index in [1.54, 1.807) is 11.3 Å². The first-order chi connectivity index (χ1) is 9.31. The lowest BCUT2D eigenvalue weighted by molar-refractivity contribution is -0.0326. The number of benzene rings is 1. The Kier molecular flexibility index (Phi) is 4.18. The molecule has 1 aromatic carbocycles. The molecule has 1 aromatic heterocycles. The van der Waals surface area contributed by atoms with Crippen LogP contribution in [0.5, 0.6) is 0 Å². The highest BCUT2D eigenvalue weighted by atomic mass is 35.5. The smallest absolute Gasteiger partial charge is 0.0952 e. The molecule has 3 rings (SSSR count). The molecule has 1 aliphatic heterocycles. The molecule has 19 heavy (non-hydrogen) atoms. The van der Waals surface area contributed by atoms with E-state index in [1.807, 2.05) is 12.1 Å². The monoisotopic (exact) mass is 293 g/mol. The van der Waals surface area contributed by atoms with E-state index in [-0.39, 0.29) is 6.10 Å². The quantitative estimate of drug-likeness (QED) is 0.849. The topological polar surface area (TPSA) is 12.5 Å². The molecule has 0 amide bonds. The lowest BCUT2D eigenvalue weighted by Crippen LogP contribution is -2.37. The molecule has 0 spiro atoms. The summed E-state index contributed by atoms with van der Waals surface area (Å²) in [5.41, 5.74) is 1.26. The molecule has 2 aromatic rings. The van der Waals surface area contributed by atoms with Gasteiger partial charge in [-0.2, -0.15) is 0 Å². The van der Waals surface area contributed by atoms with Crippen LogP contribution in [-0.2, 0) is 11.3 Å². The summed E-state index contributed by atoms with van der Waals surface area (Å²) < 4.78 is 6.74. The first kappa shape index (κ1) is 13.1. The predicted octanol–water partition coefficient (Wildman–Crippen LogP) is 3.98. The molecule has 0 N–H and O–H groups in total. The van der Waals surface area contributed by atoms with Crippen LogP contribution in [0.1, 0.15) is 16.5 Å². The van der Waals surface area contributed by atoms with Crippen LogP contribution in [0.4, 0.5) is 0 Å². The molecule has 0 aliphatic carbocycles. The molecule has 2 heterocycles. The first-order valence-corrected chi connectivity index (χ1v) is 7.64. The van der Waals surface area contributed by atoms with Gasteiger partial charge in [-0.1, -0.05) is 41.9 Å². The van der Waals surface area contributed by atoms with E-state index in [1.165, 1.54) is 10.4 Å². The van der Waals surface area contributed by atoms with Crippen molar-refractivity contribution in [2.24, 2.45) is 0 Å². The second-order valence-electron chi connectivity index (χ2n) is 4.71. The first-order valence-electron chi connectivity index (χ1n) is 6.44. The van der Waals surface area contributed by atoms with Crippen molar-refractivity contribution in [2.75, 3.05) is 19.7 Å². The molecule has 1 atom stereocenters. The number of thiophene rings is 1. The van der Waals surface area contributed by atoms with E-state index < -0.39 is 0 Å². The van der Waals surface area contributed by atoms with Gasteiger partial charge < -0.3 is 4.74 Å². The zero-order chi connectivity index (χ0) is 13.1. The molecular weight excluding hydrogens is 278 g/mol. The molecule has 1 aliphatic rings. The van der Waals surface area contributed by atoms with Crippen LogP contribution in [0.15, 0.2) is 42.5 Å². The minimum absolute atomic E-state index is 0.186. The van der Waals surface area contributed by atoms with Crippen LogP contribution in [0.3, 0.4) is 0 Å². The third kappa shape index (κ3) is 3.37. The van der Waals surface area contributed by atoms with Crippen LogP contribution in [0, 0.1) is 0 Å². The summed E-state index contributed by atoms with van der Waals surface area (Å²) in [6.07, 6.45) is 0.186. The second-order valence-corrected chi connectivity index (χ2v) is 6.51. The van der Waals surface area contributed by atoms with Gasteiger partial charge >= 0.3 is 0 Å². The van der Waals surface area contributed by atoms with Gasteiger partial charge in [-0.25, -0.2) is 0 Å². The Balaban J connectivity index is 1.65. The number of halogens is 1. The third-order valence-electron chi connectivity index (χ3n) is 3.33. The zero-order valence-electron chi connectivity index (χ0n) is 10.6. The second kappa shape index (κ2) is 6.06. The largest absolute Gasteiger partial charge is 0.371 e. The molecule has 0 radical (unpaired) electrons. The minimum Gasteiger partial charge on any atom is -0.371 e. The fourth-order valence-corrected chi connectivity index (χ4v) is 3.50. The Morgan fingerprint density at radius 1 is 1.21 bits per heavy atom. The van der Waals surface area contributed by atoms with Gasteiger partial charge in [0.05, 0.1) is 17.0 Å². The highest BCUT2D eigenvalue weighted by Gasteiger charge is 2.22. The van der Waals surface area contributed by atoms with Crippen molar-refractivity contribution in [3.63, 3.8) is 0 Å². The number of nitrogens with zero attached hydrogens (tertiary/aromatic N) is 1. The molecule has 4 heteroatoms. The highest BCUT2D eigenvalue weighted by Crippen LogP contribution is 2.26. The maximum atomic E-state index is 5.98. The van der Waals surface area contributed by atoms with Gasteiger partial charge in [-0.15, -0.1) is 11.3 Å². The van der Waals surface area contributed by atoms with Crippen molar-refractivity contribution in [2.45, 2.75) is 12.6 Å². The lowest BCUT2D eigenvalue weighted by Gasteiger charge is -2.32. The molecular formula is C15H16ClNOS. The Morgan fingerprint density at radius 2 is 2.05 bits per heavy atom. The average Bonchev–Trinajstić information content (AvgIpc) is 2.85. The summed E-state index contributed by atoms with van der Waals surface area (Å²) in [6, 6.07) is 14.5. The van der Waals surface area contributed by atoms with E-state index in [0.717, 1.165) is 30.6 Å². The predicted molar refractivity (Wildman–Crippen MR) is 79.7 cm³/mol. The van der Waals surface area contributed by atoms with Gasteiger partial charge in [0.1, 0.15) is 0 Å². The number of ether oxygens (including phenoxy) is 1.